The van der Waals surface area contributed by atoms with E-state index in [1.807, 2.05) is 30.3 Å². The molecule has 0 radical (unpaired) electrons. The van der Waals surface area contributed by atoms with Gasteiger partial charge < -0.3 is 4.98 Å². The van der Waals surface area contributed by atoms with E-state index in [4.69, 9.17) is 0 Å². The highest BCUT2D eigenvalue weighted by molar-refractivity contribution is 5.41. The van der Waals surface area contributed by atoms with Gasteiger partial charge >= 0.3 is 6.18 Å². The Bertz CT molecular complexity index is 1010. The van der Waals surface area contributed by atoms with E-state index in [1.165, 1.54) is 10.7 Å². The normalized spacial score (nSPS) is 21.2. The number of nitrogens with zero attached hydrogens (tertiary/aromatic N) is 4. The van der Waals surface area contributed by atoms with Crippen LogP contribution < -0.4 is 5.56 Å². The molecule has 0 bridgehead atoms. The van der Waals surface area contributed by atoms with Crippen LogP contribution in [0.2, 0.25) is 0 Å². The molecule has 2 atom stereocenters. The van der Waals surface area contributed by atoms with Gasteiger partial charge in [0.25, 0.3) is 5.56 Å². The van der Waals surface area contributed by atoms with Gasteiger partial charge in [-0.2, -0.15) is 18.3 Å². The molecule has 3 heterocycles. The lowest BCUT2D eigenvalue weighted by molar-refractivity contribution is -0.174. The highest BCUT2D eigenvalue weighted by Crippen LogP contribution is 2.42. The van der Waals surface area contributed by atoms with Crippen LogP contribution in [-0.2, 0) is 6.54 Å². The average molecular weight is 377 g/mol. The first-order chi connectivity index (χ1) is 12.8. The van der Waals surface area contributed by atoms with Crippen LogP contribution in [0.5, 0.6) is 0 Å². The highest BCUT2D eigenvalue weighted by atomic mass is 19.4. The number of benzene rings is 1. The van der Waals surface area contributed by atoms with Crippen LogP contribution in [-0.4, -0.2) is 43.7 Å². The topological polar surface area (TPSA) is 66.3 Å². The smallest absolute Gasteiger partial charge is 0.307 e. The lowest BCUT2D eigenvalue weighted by Crippen LogP contribution is -2.31. The van der Waals surface area contributed by atoms with Crippen molar-refractivity contribution >= 4 is 5.52 Å². The molecule has 2 unspecified atom stereocenters. The SMILES string of the molecule is Cc1ncc2c(=O)[nH]c(C3CN(Cc4ccccc4)CC3C(F)(F)F)nn12. The van der Waals surface area contributed by atoms with Crippen molar-refractivity contribution in [3.63, 3.8) is 0 Å². The predicted molar refractivity (Wildman–Crippen MR) is 92.3 cm³/mol. The number of halogens is 3. The van der Waals surface area contributed by atoms with Crippen molar-refractivity contribution in [1.29, 1.82) is 0 Å². The van der Waals surface area contributed by atoms with Crippen LogP contribution in [0.4, 0.5) is 13.2 Å². The molecule has 0 aliphatic carbocycles. The Labute approximate surface area is 152 Å². The van der Waals surface area contributed by atoms with Gasteiger partial charge in [0.15, 0.2) is 5.52 Å². The average Bonchev–Trinajstić information content (AvgIpc) is 3.20. The van der Waals surface area contributed by atoms with Gasteiger partial charge in [0, 0.05) is 25.6 Å². The molecule has 1 aliphatic rings. The Hall–Kier alpha value is -2.68. The Morgan fingerprint density at radius 3 is 2.67 bits per heavy atom. The van der Waals surface area contributed by atoms with Gasteiger partial charge in [-0.25, -0.2) is 9.50 Å². The molecule has 142 valence electrons. The van der Waals surface area contributed by atoms with Gasteiger partial charge in [-0.1, -0.05) is 30.3 Å². The second-order valence-electron chi connectivity index (χ2n) is 6.88. The summed E-state index contributed by atoms with van der Waals surface area (Å²) in [6.07, 6.45) is -3.02. The number of H-pyrrole nitrogens is 1. The van der Waals surface area contributed by atoms with Crippen molar-refractivity contribution in [2.75, 3.05) is 13.1 Å². The van der Waals surface area contributed by atoms with Crippen molar-refractivity contribution in [1.82, 2.24) is 24.5 Å². The van der Waals surface area contributed by atoms with Gasteiger partial charge in [0.1, 0.15) is 11.6 Å². The second kappa shape index (κ2) is 6.49. The van der Waals surface area contributed by atoms with Crippen LogP contribution in [0, 0.1) is 12.8 Å². The van der Waals surface area contributed by atoms with E-state index in [1.54, 1.807) is 11.8 Å². The number of aromatic amines is 1. The monoisotopic (exact) mass is 377 g/mol. The number of nitrogens with one attached hydrogen (secondary N) is 1. The van der Waals surface area contributed by atoms with E-state index in [9.17, 15) is 18.0 Å². The van der Waals surface area contributed by atoms with Gasteiger partial charge in [-0.15, -0.1) is 0 Å². The van der Waals surface area contributed by atoms with E-state index in [0.717, 1.165) is 5.56 Å². The van der Waals surface area contributed by atoms with Gasteiger partial charge in [-0.3, -0.25) is 9.69 Å². The standard InChI is InChI=1S/C18H18F3N5O/c1-11-22-7-15-17(27)23-16(24-26(11)15)13-9-25(10-14(13)18(19,20)21)8-12-5-3-2-4-6-12/h2-7,13-14H,8-10H2,1H3,(H,23,24,27). The number of hydrogen-bond acceptors (Lipinski definition) is 4. The zero-order valence-electron chi connectivity index (χ0n) is 14.6. The molecule has 27 heavy (non-hydrogen) atoms. The molecular weight excluding hydrogens is 359 g/mol. The van der Waals surface area contributed by atoms with Crippen molar-refractivity contribution in [3.8, 4) is 0 Å². The first kappa shape index (κ1) is 17.7. The summed E-state index contributed by atoms with van der Waals surface area (Å²) in [5.41, 5.74) is 0.684. The molecule has 1 saturated heterocycles. The summed E-state index contributed by atoms with van der Waals surface area (Å²) in [6, 6.07) is 9.36. The molecule has 6 nitrogen and oxygen atoms in total. The van der Waals surface area contributed by atoms with Crippen molar-refractivity contribution in [2.45, 2.75) is 25.6 Å². The van der Waals surface area contributed by atoms with E-state index >= 15 is 0 Å². The number of rotatable bonds is 3. The third-order valence-electron chi connectivity index (χ3n) is 5.01. The summed E-state index contributed by atoms with van der Waals surface area (Å²) >= 11 is 0. The van der Waals surface area contributed by atoms with Crippen molar-refractivity contribution < 1.29 is 13.2 Å². The van der Waals surface area contributed by atoms with Gasteiger partial charge in [0.2, 0.25) is 0 Å². The van der Waals surface area contributed by atoms with Crippen LogP contribution in [0.3, 0.4) is 0 Å². The predicted octanol–water partition coefficient (Wildman–Crippen LogP) is 2.50. The minimum Gasteiger partial charge on any atom is -0.307 e. The summed E-state index contributed by atoms with van der Waals surface area (Å²) in [5.74, 6) is -2.02. The Morgan fingerprint density at radius 2 is 1.96 bits per heavy atom. The third kappa shape index (κ3) is 3.34. The van der Waals surface area contributed by atoms with Crippen molar-refractivity contribution in [2.24, 2.45) is 5.92 Å². The quantitative estimate of drug-likeness (QED) is 0.762. The minimum atomic E-state index is -4.38. The third-order valence-corrected chi connectivity index (χ3v) is 5.01. The van der Waals surface area contributed by atoms with Crippen molar-refractivity contribution in [3.05, 3.63) is 64.1 Å². The summed E-state index contributed by atoms with van der Waals surface area (Å²) in [7, 11) is 0. The first-order valence-electron chi connectivity index (χ1n) is 8.60. The fourth-order valence-electron chi connectivity index (χ4n) is 3.66. The number of imidazole rings is 1. The number of hydrogen-bond donors (Lipinski definition) is 1. The fourth-order valence-corrected chi connectivity index (χ4v) is 3.66. The number of aromatic nitrogens is 4. The van der Waals surface area contributed by atoms with E-state index in [-0.39, 0.29) is 24.4 Å². The molecule has 1 N–H and O–H groups in total. The molecular formula is C18H18F3N5O. The minimum absolute atomic E-state index is 0.0477. The largest absolute Gasteiger partial charge is 0.393 e. The fraction of sp³-hybridized carbons (Fsp3) is 0.389. The summed E-state index contributed by atoms with van der Waals surface area (Å²) in [6.45, 7) is 2.11. The Morgan fingerprint density at radius 1 is 1.22 bits per heavy atom. The Balaban J connectivity index is 1.69. The lowest BCUT2D eigenvalue weighted by Gasteiger charge is -2.20. The van der Waals surface area contributed by atoms with Gasteiger partial charge in [-0.05, 0) is 12.5 Å². The molecule has 2 aromatic heterocycles. The number of likely N-dealkylation sites (tertiary alicyclic amines) is 1. The molecule has 1 fully saturated rings. The number of alkyl halides is 3. The summed E-state index contributed by atoms with van der Waals surface area (Å²) in [4.78, 5) is 20.5. The molecule has 0 amide bonds. The molecule has 0 spiro atoms. The molecule has 0 saturated carbocycles. The van der Waals surface area contributed by atoms with E-state index in [2.05, 4.69) is 15.1 Å². The van der Waals surface area contributed by atoms with Crippen LogP contribution in [0.15, 0.2) is 41.3 Å². The molecule has 1 aromatic carbocycles. The van der Waals surface area contributed by atoms with E-state index < -0.39 is 23.6 Å². The zero-order chi connectivity index (χ0) is 19.2. The maximum atomic E-state index is 13.7. The molecule has 1 aliphatic heterocycles. The Kier molecular flexibility index (Phi) is 4.26. The maximum Gasteiger partial charge on any atom is 0.393 e. The van der Waals surface area contributed by atoms with Crippen LogP contribution in [0.1, 0.15) is 23.1 Å². The van der Waals surface area contributed by atoms with Crippen LogP contribution in [0.25, 0.3) is 5.52 Å². The highest BCUT2D eigenvalue weighted by Gasteiger charge is 2.51. The van der Waals surface area contributed by atoms with E-state index in [0.29, 0.717) is 12.4 Å². The molecule has 9 heteroatoms. The molecule has 4 rings (SSSR count). The van der Waals surface area contributed by atoms with Crippen LogP contribution >= 0.6 is 0 Å². The maximum absolute atomic E-state index is 13.7. The second-order valence-corrected chi connectivity index (χ2v) is 6.88. The lowest BCUT2D eigenvalue weighted by atomic mass is 9.95. The zero-order valence-corrected chi connectivity index (χ0v) is 14.6. The number of aryl methyl sites for hydroxylation is 1. The molecule has 3 aromatic rings. The van der Waals surface area contributed by atoms with Gasteiger partial charge in [0.05, 0.1) is 12.1 Å². The summed E-state index contributed by atoms with van der Waals surface area (Å²) < 4.78 is 42.3. The number of fused-ring (bicyclic) bond motifs is 1. The first-order valence-corrected chi connectivity index (χ1v) is 8.60. The summed E-state index contributed by atoms with van der Waals surface area (Å²) in [5, 5.41) is 4.25.